The van der Waals surface area contributed by atoms with E-state index < -0.39 is 5.82 Å². The zero-order valence-corrected chi connectivity index (χ0v) is 16.9. The molecule has 6 nitrogen and oxygen atoms in total. The van der Waals surface area contributed by atoms with Crippen molar-refractivity contribution in [2.75, 3.05) is 18.4 Å². The van der Waals surface area contributed by atoms with Gasteiger partial charge in [0, 0.05) is 30.0 Å². The molecule has 29 heavy (non-hydrogen) atoms. The zero-order chi connectivity index (χ0) is 20.2. The van der Waals surface area contributed by atoms with Crippen LogP contribution in [0.15, 0.2) is 42.9 Å². The van der Waals surface area contributed by atoms with Crippen LogP contribution in [0.1, 0.15) is 34.6 Å². The number of anilines is 1. The number of rotatable bonds is 2. The van der Waals surface area contributed by atoms with Gasteiger partial charge in [-0.25, -0.2) is 14.4 Å². The van der Waals surface area contributed by atoms with Crippen LogP contribution in [0.5, 0.6) is 0 Å². The number of halogens is 1. The molecule has 1 aliphatic rings. The molecule has 4 aromatic heterocycles. The Morgan fingerprint density at radius 1 is 1.24 bits per heavy atom. The lowest BCUT2D eigenvalue weighted by atomic mass is 10.2. The summed E-state index contributed by atoms with van der Waals surface area (Å²) in [6.45, 7) is 4.29. The van der Waals surface area contributed by atoms with Gasteiger partial charge in [-0.3, -0.25) is 4.79 Å². The lowest BCUT2D eigenvalue weighted by Gasteiger charge is -2.08. The molecular weight excluding hydrogens is 389 g/mol. The van der Waals surface area contributed by atoms with E-state index >= 15 is 0 Å². The maximum atomic E-state index is 14.0. The number of carbonyl (C=O) groups is 1. The fourth-order valence-corrected chi connectivity index (χ4v) is 4.12. The molecule has 2 N–H and O–H groups in total. The molecular formula is C21H22FN5OS. The van der Waals surface area contributed by atoms with Crippen molar-refractivity contribution in [2.24, 2.45) is 0 Å². The predicted molar refractivity (Wildman–Crippen MR) is 114 cm³/mol. The highest BCUT2D eigenvalue weighted by Crippen LogP contribution is 2.24. The van der Waals surface area contributed by atoms with Gasteiger partial charge in [-0.2, -0.15) is 0 Å². The standard InChI is InChI=1S/C16H11FN4OS.C5H11N/c1-9-7-21-8-11(6-12(17)14(21)19-9)20-15(22)13-5-10-3-2-4-18-16(10)23-13;1-2-4-6-5-3-1/h2-8H,1H3,(H,20,22);6H,1-5H2. The summed E-state index contributed by atoms with van der Waals surface area (Å²) in [7, 11) is 0. The van der Waals surface area contributed by atoms with Crippen molar-refractivity contribution in [3.05, 3.63) is 59.2 Å². The Kier molecular flexibility index (Phi) is 5.82. The van der Waals surface area contributed by atoms with Gasteiger partial charge in [0.2, 0.25) is 0 Å². The van der Waals surface area contributed by atoms with Crippen molar-refractivity contribution in [1.29, 1.82) is 0 Å². The smallest absolute Gasteiger partial charge is 0.265 e. The number of amides is 1. The number of nitrogens with one attached hydrogen (secondary N) is 2. The number of imidazole rings is 1. The van der Waals surface area contributed by atoms with Crippen LogP contribution in [0.4, 0.5) is 10.1 Å². The number of carbonyl (C=O) groups excluding carboxylic acids is 1. The van der Waals surface area contributed by atoms with E-state index in [0.717, 1.165) is 10.2 Å². The number of piperidine rings is 1. The first-order valence-electron chi connectivity index (χ1n) is 9.61. The van der Waals surface area contributed by atoms with Crippen molar-refractivity contribution < 1.29 is 9.18 Å². The summed E-state index contributed by atoms with van der Waals surface area (Å²) in [5.74, 6) is -0.766. The molecule has 0 unspecified atom stereocenters. The zero-order valence-electron chi connectivity index (χ0n) is 16.1. The summed E-state index contributed by atoms with van der Waals surface area (Å²) in [6.07, 6.45) is 9.25. The van der Waals surface area contributed by atoms with Gasteiger partial charge < -0.3 is 15.0 Å². The summed E-state index contributed by atoms with van der Waals surface area (Å²) in [4.78, 5) is 22.0. The largest absolute Gasteiger partial charge is 0.320 e. The van der Waals surface area contributed by atoms with Crippen LogP contribution in [0, 0.1) is 12.7 Å². The molecule has 5 rings (SSSR count). The van der Waals surface area contributed by atoms with Crippen LogP contribution in [-0.4, -0.2) is 33.4 Å². The van der Waals surface area contributed by atoms with Crippen molar-refractivity contribution in [2.45, 2.75) is 26.2 Å². The highest BCUT2D eigenvalue weighted by Gasteiger charge is 2.13. The average molecular weight is 412 g/mol. The fourth-order valence-electron chi connectivity index (χ4n) is 3.23. The van der Waals surface area contributed by atoms with E-state index in [1.165, 1.54) is 49.8 Å². The molecule has 0 bridgehead atoms. The van der Waals surface area contributed by atoms with Gasteiger partial charge in [-0.15, -0.1) is 11.3 Å². The van der Waals surface area contributed by atoms with Crippen LogP contribution >= 0.6 is 11.3 Å². The molecule has 1 aliphatic heterocycles. The molecule has 150 valence electrons. The molecule has 0 atom stereocenters. The molecule has 5 heterocycles. The van der Waals surface area contributed by atoms with Crippen LogP contribution in [0.2, 0.25) is 0 Å². The summed E-state index contributed by atoms with van der Waals surface area (Å²) in [5, 5.41) is 6.91. The van der Waals surface area contributed by atoms with Gasteiger partial charge >= 0.3 is 0 Å². The summed E-state index contributed by atoms with van der Waals surface area (Å²) >= 11 is 1.30. The SMILES string of the molecule is C1CCNCC1.Cc1cn2cc(NC(=O)c3cc4cccnc4s3)cc(F)c2n1. The Labute approximate surface area is 171 Å². The molecule has 1 saturated heterocycles. The van der Waals surface area contributed by atoms with E-state index in [1.54, 1.807) is 36.0 Å². The average Bonchev–Trinajstić information content (AvgIpc) is 3.33. The third-order valence-corrected chi connectivity index (χ3v) is 5.67. The Morgan fingerprint density at radius 3 is 2.76 bits per heavy atom. The Bertz CT molecular complexity index is 1100. The molecule has 1 fully saturated rings. The van der Waals surface area contributed by atoms with Gasteiger partial charge in [-0.05, 0) is 45.0 Å². The maximum Gasteiger partial charge on any atom is 0.265 e. The minimum atomic E-state index is -0.478. The van der Waals surface area contributed by atoms with E-state index in [4.69, 9.17) is 0 Å². The Balaban J connectivity index is 0.000000294. The molecule has 1 amide bonds. The van der Waals surface area contributed by atoms with Gasteiger partial charge in [0.15, 0.2) is 11.5 Å². The van der Waals surface area contributed by atoms with E-state index in [9.17, 15) is 9.18 Å². The van der Waals surface area contributed by atoms with E-state index in [2.05, 4.69) is 20.6 Å². The third-order valence-electron chi connectivity index (χ3n) is 4.61. The van der Waals surface area contributed by atoms with E-state index in [1.807, 2.05) is 12.1 Å². The van der Waals surface area contributed by atoms with Crippen LogP contribution in [0.25, 0.3) is 15.9 Å². The predicted octanol–water partition coefficient (Wildman–Crippen LogP) is 4.40. The number of hydrogen-bond acceptors (Lipinski definition) is 5. The fraction of sp³-hybridized carbons (Fsp3) is 0.286. The van der Waals surface area contributed by atoms with Crippen LogP contribution in [0.3, 0.4) is 0 Å². The van der Waals surface area contributed by atoms with Crippen LogP contribution in [-0.2, 0) is 0 Å². The van der Waals surface area contributed by atoms with Gasteiger partial charge in [0.1, 0.15) is 4.83 Å². The van der Waals surface area contributed by atoms with Crippen molar-refractivity contribution >= 4 is 38.8 Å². The summed E-state index contributed by atoms with van der Waals surface area (Å²) in [5.41, 5.74) is 1.33. The molecule has 0 aromatic carbocycles. The molecule has 0 saturated carbocycles. The van der Waals surface area contributed by atoms with Gasteiger partial charge in [0.05, 0.1) is 16.3 Å². The monoisotopic (exact) mass is 411 g/mol. The molecule has 0 aliphatic carbocycles. The van der Waals surface area contributed by atoms with Crippen molar-refractivity contribution in [1.82, 2.24) is 19.7 Å². The number of fused-ring (bicyclic) bond motifs is 2. The lowest BCUT2D eigenvalue weighted by molar-refractivity contribution is 0.103. The van der Waals surface area contributed by atoms with E-state index in [0.29, 0.717) is 16.3 Å². The van der Waals surface area contributed by atoms with Crippen molar-refractivity contribution in [3.8, 4) is 0 Å². The highest BCUT2D eigenvalue weighted by molar-refractivity contribution is 7.20. The second-order valence-electron chi connectivity index (χ2n) is 6.96. The second-order valence-corrected chi connectivity index (χ2v) is 7.99. The Morgan fingerprint density at radius 2 is 2.07 bits per heavy atom. The summed E-state index contributed by atoms with van der Waals surface area (Å²) < 4.78 is 15.6. The molecule has 4 aromatic rings. The number of thiophene rings is 1. The maximum absolute atomic E-state index is 14.0. The minimum absolute atomic E-state index is 0.242. The molecule has 8 heteroatoms. The number of aromatic nitrogens is 3. The van der Waals surface area contributed by atoms with Crippen LogP contribution < -0.4 is 10.6 Å². The number of aryl methyl sites for hydroxylation is 1. The topological polar surface area (TPSA) is 71.3 Å². The van der Waals surface area contributed by atoms with Crippen molar-refractivity contribution in [3.63, 3.8) is 0 Å². The minimum Gasteiger partial charge on any atom is -0.320 e. The quantitative estimate of drug-likeness (QED) is 0.513. The Hall–Kier alpha value is -2.84. The first-order chi connectivity index (χ1) is 14.1. The number of hydrogen-bond donors (Lipinski definition) is 2. The lowest BCUT2D eigenvalue weighted by Crippen LogP contribution is -2.21. The summed E-state index contributed by atoms with van der Waals surface area (Å²) in [6, 6.07) is 6.76. The van der Waals surface area contributed by atoms with Gasteiger partial charge in [0.25, 0.3) is 5.91 Å². The highest BCUT2D eigenvalue weighted by atomic mass is 32.1. The first kappa shape index (κ1) is 19.5. The molecule has 0 radical (unpaired) electrons. The van der Waals surface area contributed by atoms with E-state index in [-0.39, 0.29) is 11.6 Å². The third kappa shape index (κ3) is 4.60. The first-order valence-corrected chi connectivity index (χ1v) is 10.4. The normalized spacial score (nSPS) is 13.9. The van der Waals surface area contributed by atoms with Gasteiger partial charge in [-0.1, -0.05) is 12.5 Å². The number of pyridine rings is 2. The number of nitrogens with zero attached hydrogens (tertiary/aromatic N) is 3. The molecule has 0 spiro atoms. The second kappa shape index (κ2) is 8.67.